The highest BCUT2D eigenvalue weighted by Gasteiger charge is 2.29. The van der Waals surface area contributed by atoms with Crippen LogP contribution in [0.5, 0.6) is 0 Å². The number of carbonyl (C=O) groups is 1. The van der Waals surface area contributed by atoms with Crippen LogP contribution in [0.4, 0.5) is 4.79 Å². The van der Waals surface area contributed by atoms with E-state index in [9.17, 15) is 9.90 Å². The topological polar surface area (TPSA) is 99.3 Å². The number of furan rings is 1. The predicted molar refractivity (Wildman–Crippen MR) is 108 cm³/mol. The van der Waals surface area contributed by atoms with Gasteiger partial charge in [-0.15, -0.1) is 0 Å². The highest BCUT2D eigenvalue weighted by atomic mass is 16.6. The molecule has 158 valence electrons. The molecule has 1 aliphatic rings. The Balaban J connectivity index is 1.98. The maximum Gasteiger partial charge on any atom is 0.410 e. The van der Waals surface area contributed by atoms with E-state index in [1.54, 1.807) is 24.0 Å². The molecule has 0 aromatic carbocycles. The van der Waals surface area contributed by atoms with E-state index in [-0.39, 0.29) is 18.7 Å². The molecule has 0 bridgehead atoms. The highest BCUT2D eigenvalue weighted by molar-refractivity contribution is 5.80. The molecule has 1 saturated heterocycles. The first-order valence-electron chi connectivity index (χ1n) is 9.90. The van der Waals surface area contributed by atoms with E-state index in [1.165, 1.54) is 6.26 Å². The molecular formula is C20H34N4O4. The second kappa shape index (κ2) is 9.32. The molecule has 1 fully saturated rings. The minimum atomic E-state index is -1.19. The lowest BCUT2D eigenvalue weighted by atomic mass is 10.0. The summed E-state index contributed by atoms with van der Waals surface area (Å²) in [7, 11) is 0. The summed E-state index contributed by atoms with van der Waals surface area (Å²) < 4.78 is 10.8. The summed E-state index contributed by atoms with van der Waals surface area (Å²) in [6.07, 6.45) is 3.06. The standard InChI is InChI=1S/C20H34N4O4/c1-6-21-17(22-14-20(5,26)16-10-8-12-27-16)23-15-9-7-11-24(13-15)18(25)28-19(2,3)4/h8,10,12,15,26H,6-7,9,11,13-14H2,1-5H3,(H2,21,22,23). The minimum absolute atomic E-state index is 0.0626. The van der Waals surface area contributed by atoms with Crippen molar-refractivity contribution in [3.05, 3.63) is 24.2 Å². The maximum absolute atomic E-state index is 12.3. The Kier molecular flexibility index (Phi) is 7.35. The first-order valence-corrected chi connectivity index (χ1v) is 9.90. The van der Waals surface area contributed by atoms with Crippen molar-refractivity contribution in [2.45, 2.75) is 64.7 Å². The van der Waals surface area contributed by atoms with Crippen LogP contribution in [0.3, 0.4) is 0 Å². The van der Waals surface area contributed by atoms with Gasteiger partial charge in [-0.25, -0.2) is 9.79 Å². The number of ether oxygens (including phenoxy) is 1. The molecule has 2 rings (SSSR count). The van der Waals surface area contributed by atoms with Gasteiger partial charge in [0.25, 0.3) is 0 Å². The van der Waals surface area contributed by atoms with Gasteiger partial charge in [0.05, 0.1) is 12.8 Å². The van der Waals surface area contributed by atoms with Crippen LogP contribution < -0.4 is 10.6 Å². The first kappa shape index (κ1) is 22.1. The van der Waals surface area contributed by atoms with Gasteiger partial charge in [-0.2, -0.15) is 0 Å². The Morgan fingerprint density at radius 1 is 1.43 bits per heavy atom. The molecule has 3 N–H and O–H groups in total. The van der Waals surface area contributed by atoms with Gasteiger partial charge in [0.2, 0.25) is 0 Å². The van der Waals surface area contributed by atoms with Crippen molar-refractivity contribution in [2.24, 2.45) is 4.99 Å². The van der Waals surface area contributed by atoms with Crippen LogP contribution in [0.25, 0.3) is 0 Å². The normalized spacial score (nSPS) is 20.4. The number of piperidine rings is 1. The zero-order chi connectivity index (χ0) is 20.8. The molecule has 8 nitrogen and oxygen atoms in total. The quantitative estimate of drug-likeness (QED) is 0.524. The van der Waals surface area contributed by atoms with Crippen molar-refractivity contribution in [2.75, 3.05) is 26.2 Å². The molecule has 1 aliphatic heterocycles. The molecular weight excluding hydrogens is 360 g/mol. The largest absolute Gasteiger partial charge is 0.466 e. The van der Waals surface area contributed by atoms with Gasteiger partial charge < -0.3 is 29.8 Å². The fourth-order valence-corrected chi connectivity index (χ4v) is 3.00. The second-order valence-corrected chi connectivity index (χ2v) is 8.36. The fourth-order valence-electron chi connectivity index (χ4n) is 3.00. The fraction of sp³-hybridized carbons (Fsp3) is 0.700. The van der Waals surface area contributed by atoms with Gasteiger partial charge in [0.15, 0.2) is 5.96 Å². The van der Waals surface area contributed by atoms with E-state index in [4.69, 9.17) is 9.15 Å². The third-order valence-electron chi connectivity index (χ3n) is 4.36. The Morgan fingerprint density at radius 3 is 2.79 bits per heavy atom. The number of nitrogens with zero attached hydrogens (tertiary/aromatic N) is 2. The monoisotopic (exact) mass is 394 g/mol. The number of hydrogen-bond acceptors (Lipinski definition) is 5. The van der Waals surface area contributed by atoms with E-state index in [2.05, 4.69) is 15.6 Å². The number of aliphatic imine (C=N–C) groups is 1. The van der Waals surface area contributed by atoms with Gasteiger partial charge in [-0.1, -0.05) is 0 Å². The summed E-state index contributed by atoms with van der Waals surface area (Å²) in [5, 5.41) is 17.2. The lowest BCUT2D eigenvalue weighted by molar-refractivity contribution is 0.0193. The number of aliphatic hydroxyl groups is 1. The van der Waals surface area contributed by atoms with Crippen LogP contribution in [0.15, 0.2) is 27.8 Å². The van der Waals surface area contributed by atoms with Gasteiger partial charge in [-0.05, 0) is 59.6 Å². The zero-order valence-corrected chi connectivity index (χ0v) is 17.6. The van der Waals surface area contributed by atoms with Crippen LogP contribution in [0, 0.1) is 0 Å². The second-order valence-electron chi connectivity index (χ2n) is 8.36. The van der Waals surface area contributed by atoms with Crippen LogP contribution in [-0.4, -0.2) is 59.9 Å². The Bertz CT molecular complexity index is 650. The molecule has 2 heterocycles. The third-order valence-corrected chi connectivity index (χ3v) is 4.36. The Morgan fingerprint density at radius 2 is 2.18 bits per heavy atom. The van der Waals surface area contributed by atoms with Crippen LogP contribution in [-0.2, 0) is 10.3 Å². The molecule has 2 atom stereocenters. The van der Waals surface area contributed by atoms with Gasteiger partial charge in [0, 0.05) is 25.7 Å². The van der Waals surface area contributed by atoms with E-state index in [0.29, 0.717) is 31.4 Å². The summed E-state index contributed by atoms with van der Waals surface area (Å²) in [6.45, 7) is 11.3. The highest BCUT2D eigenvalue weighted by Crippen LogP contribution is 2.21. The molecule has 1 aromatic heterocycles. The summed E-state index contributed by atoms with van der Waals surface area (Å²) in [6, 6.07) is 3.53. The molecule has 1 amide bonds. The average molecular weight is 395 g/mol. The molecule has 2 unspecified atom stereocenters. The molecule has 0 aliphatic carbocycles. The van der Waals surface area contributed by atoms with Crippen LogP contribution >= 0.6 is 0 Å². The van der Waals surface area contributed by atoms with Crippen molar-refractivity contribution in [1.29, 1.82) is 0 Å². The molecule has 0 radical (unpaired) electrons. The van der Waals surface area contributed by atoms with Crippen molar-refractivity contribution in [3.8, 4) is 0 Å². The zero-order valence-electron chi connectivity index (χ0n) is 17.6. The third kappa shape index (κ3) is 6.74. The van der Waals surface area contributed by atoms with E-state index >= 15 is 0 Å². The number of hydrogen-bond donors (Lipinski definition) is 3. The van der Waals surface area contributed by atoms with Crippen molar-refractivity contribution in [1.82, 2.24) is 15.5 Å². The van der Waals surface area contributed by atoms with Gasteiger partial charge in [-0.3, -0.25) is 0 Å². The molecule has 1 aromatic rings. The van der Waals surface area contributed by atoms with E-state index in [0.717, 1.165) is 12.8 Å². The smallest absolute Gasteiger partial charge is 0.410 e. The number of likely N-dealkylation sites (tertiary alicyclic amines) is 1. The minimum Gasteiger partial charge on any atom is -0.466 e. The van der Waals surface area contributed by atoms with Crippen LogP contribution in [0.1, 0.15) is 53.2 Å². The summed E-state index contributed by atoms with van der Waals surface area (Å²) >= 11 is 0. The van der Waals surface area contributed by atoms with Crippen LogP contribution in [0.2, 0.25) is 0 Å². The summed E-state index contributed by atoms with van der Waals surface area (Å²) in [4.78, 5) is 18.6. The average Bonchev–Trinajstić information content (AvgIpc) is 3.14. The van der Waals surface area contributed by atoms with Crippen molar-refractivity contribution in [3.63, 3.8) is 0 Å². The maximum atomic E-state index is 12.3. The lowest BCUT2D eigenvalue weighted by Gasteiger charge is -2.35. The number of amides is 1. The van der Waals surface area contributed by atoms with E-state index in [1.807, 2.05) is 27.7 Å². The number of guanidine groups is 1. The van der Waals surface area contributed by atoms with E-state index < -0.39 is 11.2 Å². The first-order chi connectivity index (χ1) is 13.1. The predicted octanol–water partition coefficient (Wildman–Crippen LogP) is 2.44. The summed E-state index contributed by atoms with van der Waals surface area (Å²) in [5.74, 6) is 1.08. The number of rotatable bonds is 5. The molecule has 0 saturated carbocycles. The van der Waals surface area contributed by atoms with Crippen molar-refractivity contribution < 1.29 is 19.1 Å². The summed E-state index contributed by atoms with van der Waals surface area (Å²) in [5.41, 5.74) is -1.70. The Hall–Kier alpha value is -2.22. The SMILES string of the molecule is CCNC(=NCC(C)(O)c1ccco1)NC1CCCN(C(=O)OC(C)(C)C)C1. The van der Waals surface area contributed by atoms with Gasteiger partial charge in [0.1, 0.15) is 17.0 Å². The molecule has 28 heavy (non-hydrogen) atoms. The lowest BCUT2D eigenvalue weighted by Crippen LogP contribution is -2.53. The van der Waals surface area contributed by atoms with Crippen molar-refractivity contribution >= 4 is 12.1 Å². The molecule has 0 spiro atoms. The number of carbonyl (C=O) groups excluding carboxylic acids is 1. The molecule has 8 heteroatoms. The Labute approximate surface area is 167 Å². The number of nitrogens with one attached hydrogen (secondary N) is 2. The van der Waals surface area contributed by atoms with Gasteiger partial charge >= 0.3 is 6.09 Å².